The highest BCUT2D eigenvalue weighted by Crippen LogP contribution is 2.04. The number of aromatic nitrogens is 2. The van der Waals surface area contributed by atoms with E-state index in [-0.39, 0.29) is 11.6 Å². The van der Waals surface area contributed by atoms with Gasteiger partial charge in [-0.15, -0.1) is 0 Å². The van der Waals surface area contributed by atoms with Crippen molar-refractivity contribution in [2.24, 2.45) is 5.92 Å². The number of nitrogens with zero attached hydrogens (tertiary/aromatic N) is 2. The van der Waals surface area contributed by atoms with Crippen LogP contribution in [0.5, 0.6) is 0 Å². The molecule has 6 nitrogen and oxygen atoms in total. The standard InChI is InChI=1S/C14H18N4O2/c1-10(2)6-16-13-9-15-12(8-17-13)14(19)18-7-11-4-3-5-20-11/h3-5,8-10H,6-7H2,1-2H3,(H,16,17)(H,18,19). The zero-order valence-corrected chi connectivity index (χ0v) is 11.6. The molecule has 1 amide bonds. The van der Waals surface area contributed by atoms with E-state index in [1.807, 2.05) is 0 Å². The molecule has 106 valence electrons. The Morgan fingerprint density at radius 1 is 1.35 bits per heavy atom. The zero-order chi connectivity index (χ0) is 14.4. The first-order chi connectivity index (χ1) is 9.65. The second-order valence-electron chi connectivity index (χ2n) is 4.82. The molecule has 0 radical (unpaired) electrons. The highest BCUT2D eigenvalue weighted by atomic mass is 16.3. The average molecular weight is 274 g/mol. The first-order valence-corrected chi connectivity index (χ1v) is 6.51. The summed E-state index contributed by atoms with van der Waals surface area (Å²) in [6, 6.07) is 3.57. The largest absolute Gasteiger partial charge is 0.467 e. The van der Waals surface area contributed by atoms with E-state index in [4.69, 9.17) is 4.42 Å². The molecular formula is C14H18N4O2. The van der Waals surface area contributed by atoms with Crippen LogP contribution in [0.15, 0.2) is 35.2 Å². The molecule has 0 aliphatic heterocycles. The summed E-state index contributed by atoms with van der Waals surface area (Å²) in [6.07, 6.45) is 4.58. The number of anilines is 1. The van der Waals surface area contributed by atoms with Crippen molar-refractivity contribution in [3.63, 3.8) is 0 Å². The summed E-state index contributed by atoms with van der Waals surface area (Å²) in [4.78, 5) is 20.1. The van der Waals surface area contributed by atoms with Crippen molar-refractivity contribution in [1.29, 1.82) is 0 Å². The van der Waals surface area contributed by atoms with Crippen molar-refractivity contribution in [3.05, 3.63) is 42.2 Å². The van der Waals surface area contributed by atoms with Crippen molar-refractivity contribution < 1.29 is 9.21 Å². The molecule has 2 aromatic rings. The van der Waals surface area contributed by atoms with Gasteiger partial charge in [-0.1, -0.05) is 13.8 Å². The topological polar surface area (TPSA) is 80.0 Å². The lowest BCUT2D eigenvalue weighted by Crippen LogP contribution is -2.23. The predicted molar refractivity (Wildman–Crippen MR) is 75.2 cm³/mol. The minimum atomic E-state index is -0.274. The normalized spacial score (nSPS) is 10.6. The number of rotatable bonds is 6. The fourth-order valence-electron chi connectivity index (χ4n) is 1.52. The Morgan fingerprint density at radius 2 is 2.20 bits per heavy atom. The molecule has 0 aromatic carbocycles. The van der Waals surface area contributed by atoms with E-state index < -0.39 is 0 Å². The Balaban J connectivity index is 1.87. The van der Waals surface area contributed by atoms with Gasteiger partial charge in [0.15, 0.2) is 0 Å². The average Bonchev–Trinajstić information content (AvgIpc) is 2.96. The van der Waals surface area contributed by atoms with Gasteiger partial charge in [-0.05, 0) is 18.1 Å². The zero-order valence-electron chi connectivity index (χ0n) is 11.6. The van der Waals surface area contributed by atoms with E-state index in [1.165, 1.54) is 6.20 Å². The molecule has 0 atom stereocenters. The lowest BCUT2D eigenvalue weighted by molar-refractivity contribution is 0.0942. The van der Waals surface area contributed by atoms with Crippen molar-refractivity contribution in [2.75, 3.05) is 11.9 Å². The van der Waals surface area contributed by atoms with Crippen LogP contribution in [0.3, 0.4) is 0 Å². The molecule has 0 unspecified atom stereocenters. The molecule has 2 rings (SSSR count). The van der Waals surface area contributed by atoms with Gasteiger partial charge in [0.25, 0.3) is 5.91 Å². The van der Waals surface area contributed by atoms with Gasteiger partial charge in [0, 0.05) is 6.54 Å². The van der Waals surface area contributed by atoms with Crippen LogP contribution in [-0.2, 0) is 6.54 Å². The van der Waals surface area contributed by atoms with E-state index in [2.05, 4.69) is 34.4 Å². The minimum absolute atomic E-state index is 0.274. The Hall–Kier alpha value is -2.37. The number of carbonyl (C=O) groups is 1. The Kier molecular flexibility index (Phi) is 4.70. The van der Waals surface area contributed by atoms with E-state index >= 15 is 0 Å². The number of hydrogen-bond acceptors (Lipinski definition) is 5. The molecule has 0 spiro atoms. The second-order valence-corrected chi connectivity index (χ2v) is 4.82. The van der Waals surface area contributed by atoms with E-state index in [0.717, 1.165) is 6.54 Å². The van der Waals surface area contributed by atoms with Gasteiger partial charge < -0.3 is 15.1 Å². The van der Waals surface area contributed by atoms with Gasteiger partial charge >= 0.3 is 0 Å². The molecule has 2 N–H and O–H groups in total. The fraction of sp³-hybridized carbons (Fsp3) is 0.357. The van der Waals surface area contributed by atoms with Crippen LogP contribution in [-0.4, -0.2) is 22.4 Å². The highest BCUT2D eigenvalue weighted by Gasteiger charge is 2.08. The Bertz CT molecular complexity index is 535. The molecule has 6 heteroatoms. The van der Waals surface area contributed by atoms with Crippen LogP contribution in [0.1, 0.15) is 30.1 Å². The number of hydrogen-bond donors (Lipinski definition) is 2. The van der Waals surface area contributed by atoms with E-state index in [0.29, 0.717) is 24.0 Å². The summed E-state index contributed by atoms with van der Waals surface area (Å²) in [6.45, 7) is 5.37. The van der Waals surface area contributed by atoms with Crippen LogP contribution in [0.2, 0.25) is 0 Å². The molecule has 0 saturated heterocycles. The third kappa shape index (κ3) is 4.08. The van der Waals surface area contributed by atoms with Crippen LogP contribution in [0.4, 0.5) is 5.82 Å². The molecule has 0 saturated carbocycles. The van der Waals surface area contributed by atoms with Crippen LogP contribution in [0, 0.1) is 5.92 Å². The SMILES string of the molecule is CC(C)CNc1cnc(C(=O)NCc2ccco2)cn1. The van der Waals surface area contributed by atoms with Crippen molar-refractivity contribution in [3.8, 4) is 0 Å². The third-order valence-electron chi connectivity index (χ3n) is 2.58. The number of amides is 1. The van der Waals surface area contributed by atoms with Gasteiger partial charge in [-0.25, -0.2) is 9.97 Å². The molecule has 2 heterocycles. The molecule has 20 heavy (non-hydrogen) atoms. The summed E-state index contributed by atoms with van der Waals surface area (Å²) >= 11 is 0. The minimum Gasteiger partial charge on any atom is -0.467 e. The maximum absolute atomic E-state index is 11.8. The number of furan rings is 1. The van der Waals surface area contributed by atoms with Crippen molar-refractivity contribution in [1.82, 2.24) is 15.3 Å². The maximum atomic E-state index is 11.8. The van der Waals surface area contributed by atoms with Crippen molar-refractivity contribution >= 4 is 11.7 Å². The highest BCUT2D eigenvalue weighted by molar-refractivity contribution is 5.91. The van der Waals surface area contributed by atoms with Crippen molar-refractivity contribution in [2.45, 2.75) is 20.4 Å². The summed E-state index contributed by atoms with van der Waals surface area (Å²) < 4.78 is 5.13. The van der Waals surface area contributed by atoms with Gasteiger partial charge in [-0.3, -0.25) is 4.79 Å². The molecule has 0 aliphatic rings. The summed E-state index contributed by atoms with van der Waals surface area (Å²) in [7, 11) is 0. The summed E-state index contributed by atoms with van der Waals surface area (Å²) in [5, 5.41) is 5.86. The van der Waals surface area contributed by atoms with Gasteiger partial charge in [0.1, 0.15) is 17.3 Å². The van der Waals surface area contributed by atoms with E-state index in [9.17, 15) is 4.79 Å². The Morgan fingerprint density at radius 3 is 2.80 bits per heavy atom. The lowest BCUT2D eigenvalue weighted by Gasteiger charge is -2.08. The third-order valence-corrected chi connectivity index (χ3v) is 2.58. The summed E-state index contributed by atoms with van der Waals surface area (Å²) in [5.74, 6) is 1.61. The smallest absolute Gasteiger partial charge is 0.271 e. The van der Waals surface area contributed by atoms with Crippen LogP contribution < -0.4 is 10.6 Å². The number of carbonyl (C=O) groups excluding carboxylic acids is 1. The maximum Gasteiger partial charge on any atom is 0.271 e. The fourth-order valence-corrected chi connectivity index (χ4v) is 1.52. The summed E-state index contributed by atoms with van der Waals surface area (Å²) in [5.41, 5.74) is 0.284. The first kappa shape index (κ1) is 14.0. The van der Waals surface area contributed by atoms with Gasteiger partial charge in [0.05, 0.1) is 25.2 Å². The predicted octanol–water partition coefficient (Wildman–Crippen LogP) is 2.07. The lowest BCUT2D eigenvalue weighted by atomic mass is 10.2. The van der Waals surface area contributed by atoms with E-state index in [1.54, 1.807) is 24.6 Å². The molecule has 2 aromatic heterocycles. The monoisotopic (exact) mass is 274 g/mol. The van der Waals surface area contributed by atoms with Crippen LogP contribution >= 0.6 is 0 Å². The van der Waals surface area contributed by atoms with Gasteiger partial charge in [-0.2, -0.15) is 0 Å². The van der Waals surface area contributed by atoms with Crippen LogP contribution in [0.25, 0.3) is 0 Å². The Labute approximate surface area is 117 Å². The molecule has 0 bridgehead atoms. The quantitative estimate of drug-likeness (QED) is 0.843. The second kappa shape index (κ2) is 6.70. The molecule has 0 aliphatic carbocycles. The first-order valence-electron chi connectivity index (χ1n) is 6.51. The van der Waals surface area contributed by atoms with Gasteiger partial charge in [0.2, 0.25) is 0 Å². The molecule has 0 fully saturated rings. The number of nitrogens with one attached hydrogen (secondary N) is 2. The molecular weight excluding hydrogens is 256 g/mol.